The first-order valence-electron chi connectivity index (χ1n) is 10.1. The van der Waals surface area contributed by atoms with Crippen LogP contribution in [-0.2, 0) is 0 Å². The van der Waals surface area contributed by atoms with Crippen molar-refractivity contribution in [1.29, 1.82) is 0 Å². The van der Waals surface area contributed by atoms with Crippen LogP contribution in [-0.4, -0.2) is 45.5 Å². The fraction of sp³-hybridized carbons (Fsp3) is 0.174. The van der Waals surface area contributed by atoms with E-state index in [1.165, 1.54) is 0 Å². The van der Waals surface area contributed by atoms with Gasteiger partial charge in [-0.3, -0.25) is 4.79 Å². The molecule has 4 rings (SSSR count). The molecule has 170 valence electrons. The topological polar surface area (TPSA) is 62.5 Å². The lowest BCUT2D eigenvalue weighted by molar-refractivity contribution is 0.0794. The third-order valence-electron chi connectivity index (χ3n) is 5.01. The average Bonchev–Trinajstić information content (AvgIpc) is 3.16. The molecule has 0 aliphatic rings. The maximum absolute atomic E-state index is 12.7. The molecule has 2 aromatic heterocycles. The maximum atomic E-state index is 12.7. The van der Waals surface area contributed by atoms with E-state index in [-0.39, 0.29) is 5.91 Å². The Bertz CT molecular complexity index is 1310. The van der Waals surface area contributed by atoms with Gasteiger partial charge in [-0.1, -0.05) is 53.0 Å². The van der Waals surface area contributed by atoms with E-state index in [9.17, 15) is 4.79 Å². The molecule has 4 aromatic rings. The summed E-state index contributed by atoms with van der Waals surface area (Å²) in [4.78, 5) is 19.0. The minimum absolute atomic E-state index is 0.136. The molecule has 0 bridgehead atoms. The number of benzene rings is 2. The van der Waals surface area contributed by atoms with E-state index in [0.29, 0.717) is 45.8 Å². The highest BCUT2D eigenvalue weighted by molar-refractivity contribution is 9.10. The molecule has 33 heavy (non-hydrogen) atoms. The number of amides is 1. The number of anilines is 1. The fourth-order valence-electron chi connectivity index (χ4n) is 3.40. The van der Waals surface area contributed by atoms with Crippen LogP contribution in [0.3, 0.4) is 0 Å². The predicted molar refractivity (Wildman–Crippen MR) is 138 cm³/mol. The molecular weight excluding hydrogens is 549 g/mol. The largest absolute Gasteiger partial charge is 0.370 e. The van der Waals surface area contributed by atoms with Crippen LogP contribution in [0.5, 0.6) is 0 Å². The normalized spacial score (nSPS) is 11.1. The van der Waals surface area contributed by atoms with E-state index in [1.54, 1.807) is 40.9 Å². The molecule has 2 heterocycles. The van der Waals surface area contributed by atoms with Crippen LogP contribution < -0.4 is 5.32 Å². The molecule has 0 saturated heterocycles. The summed E-state index contributed by atoms with van der Waals surface area (Å²) >= 11 is 21.9. The second-order valence-electron chi connectivity index (χ2n) is 7.40. The first kappa shape index (κ1) is 23.8. The van der Waals surface area contributed by atoms with E-state index < -0.39 is 0 Å². The second-order valence-corrected chi connectivity index (χ2v) is 9.53. The Morgan fingerprint density at radius 2 is 1.85 bits per heavy atom. The van der Waals surface area contributed by atoms with Crippen molar-refractivity contribution >= 4 is 68.1 Å². The molecule has 0 unspecified atom stereocenters. The fourth-order valence-corrected chi connectivity index (χ4v) is 4.51. The number of nitrogens with one attached hydrogen (secondary N) is 1. The minimum Gasteiger partial charge on any atom is -0.370 e. The lowest BCUT2D eigenvalue weighted by Gasteiger charge is -2.18. The Morgan fingerprint density at radius 1 is 1.12 bits per heavy atom. The van der Waals surface area contributed by atoms with Gasteiger partial charge in [-0.25, -0.2) is 4.98 Å². The van der Waals surface area contributed by atoms with E-state index in [4.69, 9.17) is 39.8 Å². The number of hydrogen-bond acceptors (Lipinski definition) is 4. The van der Waals surface area contributed by atoms with Crippen LogP contribution in [0.1, 0.15) is 16.8 Å². The smallest absolute Gasteiger partial charge is 0.253 e. The van der Waals surface area contributed by atoms with Crippen LogP contribution >= 0.6 is 50.7 Å². The minimum atomic E-state index is -0.136. The average molecular weight is 568 g/mol. The molecule has 0 aliphatic carbocycles. The summed E-state index contributed by atoms with van der Waals surface area (Å²) in [6.07, 6.45) is 2.41. The van der Waals surface area contributed by atoms with Gasteiger partial charge < -0.3 is 10.2 Å². The second kappa shape index (κ2) is 10.3. The number of carbonyl (C=O) groups is 1. The van der Waals surface area contributed by atoms with Gasteiger partial charge in [0.2, 0.25) is 0 Å². The molecule has 0 spiro atoms. The molecule has 0 atom stereocenters. The van der Waals surface area contributed by atoms with E-state index in [0.717, 1.165) is 21.5 Å². The summed E-state index contributed by atoms with van der Waals surface area (Å²) in [6, 6.07) is 14.3. The van der Waals surface area contributed by atoms with Crippen molar-refractivity contribution in [3.63, 3.8) is 0 Å². The van der Waals surface area contributed by atoms with E-state index in [1.807, 2.05) is 30.3 Å². The van der Waals surface area contributed by atoms with Crippen molar-refractivity contribution in [2.45, 2.75) is 6.42 Å². The van der Waals surface area contributed by atoms with Crippen LogP contribution in [0, 0.1) is 0 Å². The summed E-state index contributed by atoms with van der Waals surface area (Å²) in [5, 5.41) is 9.28. The first-order chi connectivity index (χ1) is 15.8. The number of halogens is 4. The lowest BCUT2D eigenvalue weighted by atomic mass is 10.1. The number of rotatable bonds is 7. The van der Waals surface area contributed by atoms with Gasteiger partial charge in [0.1, 0.15) is 5.82 Å². The predicted octanol–water partition coefficient (Wildman–Crippen LogP) is 6.69. The molecule has 10 heteroatoms. The number of nitrogens with zero attached hydrogens (tertiary/aromatic N) is 4. The lowest BCUT2D eigenvalue weighted by Crippen LogP contribution is -2.29. The quantitative estimate of drug-likeness (QED) is 0.253. The Balaban J connectivity index is 1.46. The van der Waals surface area contributed by atoms with E-state index in [2.05, 4.69) is 26.3 Å². The van der Waals surface area contributed by atoms with Gasteiger partial charge in [-0.05, 0) is 46.6 Å². The van der Waals surface area contributed by atoms with Crippen LogP contribution in [0.2, 0.25) is 15.1 Å². The molecule has 2 aromatic carbocycles. The maximum Gasteiger partial charge on any atom is 0.253 e. The van der Waals surface area contributed by atoms with Crippen molar-refractivity contribution in [3.05, 3.63) is 79.8 Å². The summed E-state index contributed by atoms with van der Waals surface area (Å²) in [5.41, 5.74) is 2.72. The van der Waals surface area contributed by atoms with Gasteiger partial charge in [-0.2, -0.15) is 9.61 Å². The highest BCUT2D eigenvalue weighted by atomic mass is 79.9. The number of hydrogen-bond donors (Lipinski definition) is 1. The molecule has 1 amide bonds. The Labute approximate surface area is 214 Å². The van der Waals surface area contributed by atoms with Crippen molar-refractivity contribution in [1.82, 2.24) is 19.5 Å². The zero-order chi connectivity index (χ0) is 23.5. The van der Waals surface area contributed by atoms with E-state index >= 15 is 0 Å². The van der Waals surface area contributed by atoms with Gasteiger partial charge in [0.15, 0.2) is 5.65 Å². The first-order valence-corrected chi connectivity index (χ1v) is 12.0. The number of aromatic nitrogens is 3. The summed E-state index contributed by atoms with van der Waals surface area (Å²) in [6.45, 7) is 1.16. The SMILES string of the molecule is CN(CCCNc1cc(-c2ccccc2Cl)nc2c(Br)cnn12)C(=O)c1cc(Cl)cc(Cl)c1. The number of carbonyl (C=O) groups excluding carboxylic acids is 1. The van der Waals surface area contributed by atoms with Gasteiger partial charge in [0, 0.05) is 52.4 Å². The Morgan fingerprint density at radius 3 is 2.58 bits per heavy atom. The molecule has 1 N–H and O–H groups in total. The van der Waals surface area contributed by atoms with Crippen molar-refractivity contribution < 1.29 is 4.79 Å². The van der Waals surface area contributed by atoms with Crippen molar-refractivity contribution in [3.8, 4) is 11.3 Å². The summed E-state index contributed by atoms with van der Waals surface area (Å²) in [7, 11) is 1.75. The Hall–Kier alpha value is -2.32. The van der Waals surface area contributed by atoms with Crippen molar-refractivity contribution in [2.24, 2.45) is 0 Å². The summed E-state index contributed by atoms with van der Waals surface area (Å²) < 4.78 is 2.51. The Kier molecular flexibility index (Phi) is 7.44. The molecule has 0 fully saturated rings. The van der Waals surface area contributed by atoms with Crippen LogP contribution in [0.25, 0.3) is 16.9 Å². The monoisotopic (exact) mass is 565 g/mol. The van der Waals surface area contributed by atoms with Gasteiger partial charge >= 0.3 is 0 Å². The zero-order valence-corrected chi connectivity index (χ0v) is 21.4. The van der Waals surface area contributed by atoms with Crippen LogP contribution in [0.15, 0.2) is 59.2 Å². The zero-order valence-electron chi connectivity index (χ0n) is 17.5. The standard InChI is InChI=1S/C23H19BrCl3N5O/c1-31(23(33)14-9-15(25)11-16(26)10-14)8-4-7-28-21-12-20(17-5-2-3-6-19(17)27)30-22-18(24)13-29-32(21)22/h2-3,5-6,9-13,28H,4,7-8H2,1H3. The number of fused-ring (bicyclic) bond motifs is 1. The third-order valence-corrected chi connectivity index (χ3v) is 6.34. The molecule has 0 aliphatic heterocycles. The molecule has 0 radical (unpaired) electrons. The highest BCUT2D eigenvalue weighted by Crippen LogP contribution is 2.30. The summed E-state index contributed by atoms with van der Waals surface area (Å²) in [5.74, 6) is 0.638. The van der Waals surface area contributed by atoms with Gasteiger partial charge in [0.05, 0.1) is 16.4 Å². The molecule has 0 saturated carbocycles. The highest BCUT2D eigenvalue weighted by Gasteiger charge is 2.15. The third kappa shape index (κ3) is 5.44. The van der Waals surface area contributed by atoms with Crippen LogP contribution in [0.4, 0.5) is 5.82 Å². The van der Waals surface area contributed by atoms with Gasteiger partial charge in [-0.15, -0.1) is 0 Å². The van der Waals surface area contributed by atoms with Gasteiger partial charge in [0.25, 0.3) is 5.91 Å². The molecular formula is C23H19BrCl3N5O. The molecule has 6 nitrogen and oxygen atoms in total. The van der Waals surface area contributed by atoms with Crippen molar-refractivity contribution in [2.75, 3.05) is 25.5 Å².